The maximum absolute atomic E-state index is 5.72. The predicted molar refractivity (Wildman–Crippen MR) is 64.2 cm³/mol. The fourth-order valence-electron chi connectivity index (χ4n) is 0.947. The van der Waals surface area contributed by atoms with Crippen molar-refractivity contribution >= 4 is 0 Å². The maximum Gasteiger partial charge on any atom is 0.0595 e. The first-order chi connectivity index (χ1) is 6.98. The first-order valence-corrected chi connectivity index (χ1v) is 5.82. The summed E-state index contributed by atoms with van der Waals surface area (Å²) in [7, 11) is 1.93. The van der Waals surface area contributed by atoms with Crippen molar-refractivity contribution in [3.05, 3.63) is 0 Å². The molecule has 1 atom stereocenters. The van der Waals surface area contributed by atoms with Gasteiger partial charge in [-0.2, -0.15) is 0 Å². The van der Waals surface area contributed by atoms with E-state index in [2.05, 4.69) is 33.0 Å². The average Bonchev–Trinajstić information content (AvgIpc) is 2.14. The summed E-state index contributed by atoms with van der Waals surface area (Å²) in [5, 5.41) is 3.04. The highest BCUT2D eigenvalue weighted by Crippen LogP contribution is 2.21. The van der Waals surface area contributed by atoms with E-state index >= 15 is 0 Å². The van der Waals surface area contributed by atoms with Crippen LogP contribution in [-0.4, -0.2) is 39.5 Å². The number of hydrogen-bond acceptors (Lipinski definition) is 3. The van der Waals surface area contributed by atoms with E-state index in [1.165, 1.54) is 0 Å². The van der Waals surface area contributed by atoms with Gasteiger partial charge in [0.15, 0.2) is 0 Å². The summed E-state index contributed by atoms with van der Waals surface area (Å²) in [6, 6.07) is 0. The highest BCUT2D eigenvalue weighted by molar-refractivity contribution is 4.69. The minimum atomic E-state index is 0.229. The van der Waals surface area contributed by atoms with Gasteiger partial charge in [-0.25, -0.2) is 0 Å². The molecule has 3 heteroatoms. The molecule has 0 unspecified atom stereocenters. The molecule has 0 aliphatic carbocycles. The fourth-order valence-corrected chi connectivity index (χ4v) is 0.947. The third kappa shape index (κ3) is 8.85. The Morgan fingerprint density at radius 3 is 2.33 bits per heavy atom. The molecular weight excluding hydrogens is 190 g/mol. The lowest BCUT2D eigenvalue weighted by molar-refractivity contribution is -0.0142. The number of ether oxygens (including phenoxy) is 2. The van der Waals surface area contributed by atoms with Gasteiger partial charge in [-0.15, -0.1) is 0 Å². The molecule has 92 valence electrons. The van der Waals surface area contributed by atoms with Crippen molar-refractivity contribution in [1.82, 2.24) is 5.32 Å². The molecule has 0 heterocycles. The van der Waals surface area contributed by atoms with Crippen LogP contribution in [0, 0.1) is 5.41 Å². The molecule has 3 nitrogen and oxygen atoms in total. The summed E-state index contributed by atoms with van der Waals surface area (Å²) in [4.78, 5) is 0. The highest BCUT2D eigenvalue weighted by Gasteiger charge is 2.19. The minimum Gasteiger partial charge on any atom is -0.380 e. The predicted octanol–water partition coefficient (Wildman–Crippen LogP) is 2.06. The maximum atomic E-state index is 5.72. The van der Waals surface area contributed by atoms with Gasteiger partial charge >= 0.3 is 0 Å². The standard InChI is InChI=1S/C12H27NO2/c1-11(12(2,3)4)15-9-6-8-14-10-7-13-5/h11,13H,6-10H2,1-5H3/t11-/m1/s1. The Morgan fingerprint density at radius 2 is 1.80 bits per heavy atom. The topological polar surface area (TPSA) is 30.5 Å². The lowest BCUT2D eigenvalue weighted by atomic mass is 9.90. The Labute approximate surface area is 94.5 Å². The Kier molecular flexibility index (Phi) is 8.02. The molecule has 0 aromatic heterocycles. The normalized spacial score (nSPS) is 14.2. The van der Waals surface area contributed by atoms with Crippen molar-refractivity contribution in [3.63, 3.8) is 0 Å². The second kappa shape index (κ2) is 8.08. The molecule has 0 saturated carbocycles. The van der Waals surface area contributed by atoms with Crippen molar-refractivity contribution in [2.75, 3.05) is 33.4 Å². The number of nitrogens with one attached hydrogen (secondary N) is 1. The van der Waals surface area contributed by atoms with Gasteiger partial charge in [0.1, 0.15) is 0 Å². The van der Waals surface area contributed by atoms with E-state index in [4.69, 9.17) is 9.47 Å². The average molecular weight is 217 g/mol. The summed E-state index contributed by atoms with van der Waals surface area (Å²) in [6.45, 7) is 12.0. The van der Waals surface area contributed by atoms with Crippen LogP contribution >= 0.6 is 0 Å². The van der Waals surface area contributed by atoms with Crippen molar-refractivity contribution < 1.29 is 9.47 Å². The van der Waals surface area contributed by atoms with Crippen LogP contribution in [0.5, 0.6) is 0 Å². The van der Waals surface area contributed by atoms with Gasteiger partial charge in [0.25, 0.3) is 0 Å². The van der Waals surface area contributed by atoms with Crippen molar-refractivity contribution in [1.29, 1.82) is 0 Å². The third-order valence-corrected chi connectivity index (χ3v) is 2.52. The Bertz CT molecular complexity index is 143. The first-order valence-electron chi connectivity index (χ1n) is 5.82. The molecule has 15 heavy (non-hydrogen) atoms. The number of rotatable bonds is 8. The van der Waals surface area contributed by atoms with Gasteiger partial charge in [0.2, 0.25) is 0 Å². The van der Waals surface area contributed by atoms with E-state index in [-0.39, 0.29) is 5.41 Å². The first kappa shape index (κ1) is 14.9. The van der Waals surface area contributed by atoms with E-state index in [1.54, 1.807) is 0 Å². The largest absolute Gasteiger partial charge is 0.380 e. The summed E-state index contributed by atoms with van der Waals surface area (Å²) >= 11 is 0. The quantitative estimate of drug-likeness (QED) is 0.631. The summed E-state index contributed by atoms with van der Waals surface area (Å²) in [6.07, 6.45) is 1.28. The molecule has 0 aliphatic heterocycles. The van der Waals surface area contributed by atoms with Crippen LogP contribution in [0.25, 0.3) is 0 Å². The SMILES string of the molecule is CNCCOCCCO[C@H](C)C(C)(C)C. The zero-order chi connectivity index (χ0) is 11.7. The van der Waals surface area contributed by atoms with Gasteiger partial charge in [0.05, 0.1) is 12.7 Å². The fraction of sp³-hybridized carbons (Fsp3) is 1.00. The van der Waals surface area contributed by atoms with Crippen molar-refractivity contribution in [2.24, 2.45) is 5.41 Å². The highest BCUT2D eigenvalue weighted by atomic mass is 16.5. The van der Waals surface area contributed by atoms with Crippen molar-refractivity contribution in [3.8, 4) is 0 Å². The summed E-state index contributed by atoms with van der Waals surface area (Å²) in [5.41, 5.74) is 0.229. The monoisotopic (exact) mass is 217 g/mol. The minimum absolute atomic E-state index is 0.229. The van der Waals surface area contributed by atoms with Gasteiger partial charge in [-0.05, 0) is 25.8 Å². The molecule has 0 aromatic rings. The molecule has 0 radical (unpaired) electrons. The lowest BCUT2D eigenvalue weighted by Gasteiger charge is -2.27. The molecule has 1 N–H and O–H groups in total. The van der Waals surface area contributed by atoms with E-state index in [9.17, 15) is 0 Å². The second-order valence-electron chi connectivity index (χ2n) is 4.95. The summed E-state index contributed by atoms with van der Waals surface area (Å²) in [5.74, 6) is 0. The molecule has 0 amide bonds. The van der Waals surface area contributed by atoms with Crippen LogP contribution in [-0.2, 0) is 9.47 Å². The van der Waals surface area contributed by atoms with Gasteiger partial charge in [-0.1, -0.05) is 20.8 Å². The van der Waals surface area contributed by atoms with E-state index in [0.29, 0.717) is 6.10 Å². The van der Waals surface area contributed by atoms with E-state index < -0.39 is 0 Å². The van der Waals surface area contributed by atoms with Crippen LogP contribution in [0.4, 0.5) is 0 Å². The molecule has 0 spiro atoms. The molecular formula is C12H27NO2. The van der Waals surface area contributed by atoms with Gasteiger partial charge in [-0.3, -0.25) is 0 Å². The zero-order valence-electron chi connectivity index (χ0n) is 10.9. The molecule has 0 fully saturated rings. The third-order valence-electron chi connectivity index (χ3n) is 2.52. The molecule has 0 aliphatic rings. The lowest BCUT2D eigenvalue weighted by Crippen LogP contribution is -2.26. The second-order valence-corrected chi connectivity index (χ2v) is 4.95. The van der Waals surface area contributed by atoms with Crippen LogP contribution in [0.2, 0.25) is 0 Å². The van der Waals surface area contributed by atoms with Crippen LogP contribution in [0.3, 0.4) is 0 Å². The summed E-state index contributed by atoms with van der Waals surface area (Å²) < 4.78 is 11.1. The Balaban J connectivity index is 3.24. The zero-order valence-corrected chi connectivity index (χ0v) is 10.9. The van der Waals surface area contributed by atoms with E-state index in [1.807, 2.05) is 7.05 Å². The molecule has 0 saturated heterocycles. The molecule has 0 aromatic carbocycles. The van der Waals surface area contributed by atoms with E-state index in [0.717, 1.165) is 32.8 Å². The Hall–Kier alpha value is -0.120. The van der Waals surface area contributed by atoms with Crippen LogP contribution in [0.1, 0.15) is 34.1 Å². The van der Waals surface area contributed by atoms with Gasteiger partial charge < -0.3 is 14.8 Å². The van der Waals surface area contributed by atoms with Crippen molar-refractivity contribution in [2.45, 2.75) is 40.2 Å². The number of likely N-dealkylation sites (N-methyl/N-ethyl adjacent to an activating group) is 1. The molecule has 0 rings (SSSR count). The van der Waals surface area contributed by atoms with Crippen LogP contribution < -0.4 is 5.32 Å². The molecule has 0 bridgehead atoms. The van der Waals surface area contributed by atoms with Gasteiger partial charge in [0, 0.05) is 19.8 Å². The number of hydrogen-bond donors (Lipinski definition) is 1. The Morgan fingerprint density at radius 1 is 1.13 bits per heavy atom. The van der Waals surface area contributed by atoms with Crippen LogP contribution in [0.15, 0.2) is 0 Å². The smallest absolute Gasteiger partial charge is 0.0595 e.